The lowest BCUT2D eigenvalue weighted by Gasteiger charge is -2.17. The quantitative estimate of drug-likeness (QED) is 0.922. The van der Waals surface area contributed by atoms with Gasteiger partial charge in [0.2, 0.25) is 0 Å². The number of ether oxygens (including phenoxy) is 1. The molecule has 0 unspecified atom stereocenters. The van der Waals surface area contributed by atoms with Crippen LogP contribution in [0.2, 0.25) is 0 Å². The lowest BCUT2D eigenvalue weighted by molar-refractivity contribution is 0.102. The zero-order chi connectivity index (χ0) is 16.1. The smallest absolute Gasteiger partial charge is 0.256 e. The van der Waals surface area contributed by atoms with Crippen molar-refractivity contribution in [2.24, 2.45) is 0 Å². The predicted octanol–water partition coefficient (Wildman–Crippen LogP) is 3.08. The van der Waals surface area contributed by atoms with Crippen LogP contribution in [-0.2, 0) is 11.3 Å². The molecule has 0 radical (unpaired) electrons. The number of benzene rings is 1. The number of methoxy groups -OCH3 is 1. The third-order valence-corrected chi connectivity index (χ3v) is 3.96. The topological polar surface area (TPSA) is 54.5 Å². The minimum absolute atomic E-state index is 0.163. The summed E-state index contributed by atoms with van der Waals surface area (Å²) in [5.74, 6) is 0.402. The van der Waals surface area contributed by atoms with Crippen LogP contribution >= 0.6 is 0 Å². The molecule has 1 amide bonds. The van der Waals surface area contributed by atoms with Crippen molar-refractivity contribution in [3.63, 3.8) is 0 Å². The summed E-state index contributed by atoms with van der Waals surface area (Å²) in [5, 5.41) is 2.84. The first-order valence-corrected chi connectivity index (χ1v) is 7.86. The number of carbonyl (C=O) groups excluding carboxylic acids is 1. The van der Waals surface area contributed by atoms with Crippen LogP contribution in [0.3, 0.4) is 0 Å². The normalized spacial score (nSPS) is 14.0. The molecule has 2 heterocycles. The maximum Gasteiger partial charge on any atom is 0.256 e. The van der Waals surface area contributed by atoms with Gasteiger partial charge in [-0.1, -0.05) is 12.1 Å². The third kappa shape index (κ3) is 3.87. The van der Waals surface area contributed by atoms with E-state index in [-0.39, 0.29) is 5.91 Å². The lowest BCUT2D eigenvalue weighted by atomic mass is 10.1. The van der Waals surface area contributed by atoms with Crippen molar-refractivity contribution in [3.05, 3.63) is 53.7 Å². The van der Waals surface area contributed by atoms with Gasteiger partial charge in [0.05, 0.1) is 18.5 Å². The highest BCUT2D eigenvalue weighted by atomic mass is 16.5. The molecule has 3 rings (SSSR count). The molecule has 2 aromatic rings. The van der Waals surface area contributed by atoms with Crippen LogP contribution in [0, 0.1) is 0 Å². The Morgan fingerprint density at radius 1 is 1.26 bits per heavy atom. The zero-order valence-corrected chi connectivity index (χ0v) is 13.3. The molecule has 1 aromatic carbocycles. The van der Waals surface area contributed by atoms with E-state index in [0.29, 0.717) is 18.0 Å². The van der Waals surface area contributed by atoms with Crippen LogP contribution in [0.25, 0.3) is 0 Å². The van der Waals surface area contributed by atoms with Gasteiger partial charge in [0, 0.05) is 25.8 Å². The van der Waals surface area contributed by atoms with E-state index in [2.05, 4.69) is 15.2 Å². The molecule has 5 heteroatoms. The highest BCUT2D eigenvalue weighted by molar-refractivity contribution is 6.03. The Morgan fingerprint density at radius 3 is 2.78 bits per heavy atom. The summed E-state index contributed by atoms with van der Waals surface area (Å²) in [5.41, 5.74) is 2.69. The van der Waals surface area contributed by atoms with E-state index in [1.54, 1.807) is 13.2 Å². The maximum absolute atomic E-state index is 12.3. The van der Waals surface area contributed by atoms with Gasteiger partial charge in [-0.15, -0.1) is 0 Å². The summed E-state index contributed by atoms with van der Waals surface area (Å²) < 4.78 is 5.09. The molecule has 1 aliphatic rings. The van der Waals surface area contributed by atoms with Gasteiger partial charge in [0.1, 0.15) is 5.82 Å². The van der Waals surface area contributed by atoms with Gasteiger partial charge < -0.3 is 15.0 Å². The van der Waals surface area contributed by atoms with Crippen molar-refractivity contribution in [1.29, 1.82) is 0 Å². The van der Waals surface area contributed by atoms with Gasteiger partial charge in [0.25, 0.3) is 5.91 Å². The Morgan fingerprint density at radius 2 is 2.09 bits per heavy atom. The number of amides is 1. The standard InChI is InChI=1S/C18H21N3O2/c1-23-13-14-5-4-6-15(11-14)18(22)20-17-8-7-16(12-19-17)21-9-2-3-10-21/h4-8,11-12H,2-3,9-10,13H2,1H3,(H,19,20,22). The molecule has 1 fully saturated rings. The van der Waals surface area contributed by atoms with E-state index in [9.17, 15) is 4.79 Å². The van der Waals surface area contributed by atoms with Crippen LogP contribution < -0.4 is 10.2 Å². The summed E-state index contributed by atoms with van der Waals surface area (Å²) in [4.78, 5) is 19.0. The third-order valence-electron chi connectivity index (χ3n) is 3.96. The van der Waals surface area contributed by atoms with E-state index in [1.165, 1.54) is 12.8 Å². The van der Waals surface area contributed by atoms with Crippen molar-refractivity contribution in [3.8, 4) is 0 Å². The van der Waals surface area contributed by atoms with Gasteiger partial charge >= 0.3 is 0 Å². The molecule has 0 atom stereocenters. The van der Waals surface area contributed by atoms with Gasteiger partial charge in [-0.3, -0.25) is 4.79 Å². The number of aromatic nitrogens is 1. The number of hydrogen-bond acceptors (Lipinski definition) is 4. The molecule has 0 bridgehead atoms. The molecule has 1 saturated heterocycles. The summed E-state index contributed by atoms with van der Waals surface area (Å²) in [6.45, 7) is 2.66. The number of nitrogens with one attached hydrogen (secondary N) is 1. The Bertz CT molecular complexity index is 664. The Hall–Kier alpha value is -2.40. The van der Waals surface area contributed by atoms with Gasteiger partial charge in [-0.25, -0.2) is 4.98 Å². The van der Waals surface area contributed by atoms with Crippen LogP contribution in [0.1, 0.15) is 28.8 Å². The van der Waals surface area contributed by atoms with E-state index in [1.807, 2.05) is 36.5 Å². The summed E-state index contributed by atoms with van der Waals surface area (Å²) in [6, 6.07) is 11.3. The van der Waals surface area contributed by atoms with Crippen molar-refractivity contribution in [2.45, 2.75) is 19.4 Å². The molecule has 1 aliphatic heterocycles. The van der Waals surface area contributed by atoms with E-state index >= 15 is 0 Å². The van der Waals surface area contributed by atoms with Crippen molar-refractivity contribution in [2.75, 3.05) is 30.4 Å². The molecule has 23 heavy (non-hydrogen) atoms. The number of carbonyl (C=O) groups is 1. The van der Waals surface area contributed by atoms with E-state index in [4.69, 9.17) is 4.74 Å². The Labute approximate surface area is 136 Å². The number of hydrogen-bond donors (Lipinski definition) is 1. The highest BCUT2D eigenvalue weighted by Gasteiger charge is 2.13. The second-order valence-electron chi connectivity index (χ2n) is 5.68. The van der Waals surface area contributed by atoms with Crippen LogP contribution in [0.4, 0.5) is 11.5 Å². The molecule has 0 spiro atoms. The summed E-state index contributed by atoms with van der Waals surface area (Å²) in [6.07, 6.45) is 4.29. The minimum Gasteiger partial charge on any atom is -0.380 e. The number of rotatable bonds is 5. The minimum atomic E-state index is -0.163. The first-order valence-electron chi connectivity index (χ1n) is 7.86. The maximum atomic E-state index is 12.3. The fourth-order valence-electron chi connectivity index (χ4n) is 2.78. The number of nitrogens with zero attached hydrogens (tertiary/aromatic N) is 2. The van der Waals surface area contributed by atoms with Crippen LogP contribution in [0.5, 0.6) is 0 Å². The average molecular weight is 311 g/mol. The van der Waals surface area contributed by atoms with Crippen LogP contribution in [0.15, 0.2) is 42.6 Å². The van der Waals surface area contributed by atoms with E-state index < -0.39 is 0 Å². The second kappa shape index (κ2) is 7.24. The molecule has 0 saturated carbocycles. The predicted molar refractivity (Wildman–Crippen MR) is 90.8 cm³/mol. The molecule has 1 N–H and O–H groups in total. The van der Waals surface area contributed by atoms with Crippen molar-refractivity contribution >= 4 is 17.4 Å². The Balaban J connectivity index is 1.66. The number of pyridine rings is 1. The molecule has 1 aromatic heterocycles. The van der Waals surface area contributed by atoms with Crippen molar-refractivity contribution in [1.82, 2.24) is 4.98 Å². The molecule has 5 nitrogen and oxygen atoms in total. The molecule has 120 valence electrons. The largest absolute Gasteiger partial charge is 0.380 e. The zero-order valence-electron chi connectivity index (χ0n) is 13.3. The summed E-state index contributed by atoms with van der Waals surface area (Å²) >= 11 is 0. The monoisotopic (exact) mass is 311 g/mol. The fourth-order valence-corrected chi connectivity index (χ4v) is 2.78. The Kier molecular flexibility index (Phi) is 4.88. The van der Waals surface area contributed by atoms with Gasteiger partial charge in [0.15, 0.2) is 0 Å². The first-order chi connectivity index (χ1) is 11.3. The van der Waals surface area contributed by atoms with Gasteiger partial charge in [-0.05, 0) is 42.7 Å². The first kappa shape index (κ1) is 15.5. The molecular formula is C18H21N3O2. The average Bonchev–Trinajstić information content (AvgIpc) is 3.11. The van der Waals surface area contributed by atoms with Crippen LogP contribution in [-0.4, -0.2) is 31.1 Å². The number of anilines is 2. The van der Waals surface area contributed by atoms with Gasteiger partial charge in [-0.2, -0.15) is 0 Å². The second-order valence-corrected chi connectivity index (χ2v) is 5.68. The highest BCUT2D eigenvalue weighted by Crippen LogP contribution is 2.20. The molecular weight excluding hydrogens is 290 g/mol. The van der Waals surface area contributed by atoms with Crippen molar-refractivity contribution < 1.29 is 9.53 Å². The SMILES string of the molecule is COCc1cccc(C(=O)Nc2ccc(N3CCCC3)cn2)c1. The van der Waals surface area contributed by atoms with E-state index in [0.717, 1.165) is 24.3 Å². The fraction of sp³-hybridized carbons (Fsp3) is 0.333. The molecule has 0 aliphatic carbocycles. The summed E-state index contributed by atoms with van der Waals surface area (Å²) in [7, 11) is 1.64. The lowest BCUT2D eigenvalue weighted by Crippen LogP contribution is -2.18.